The van der Waals surface area contributed by atoms with Crippen LogP contribution < -0.4 is 0 Å². The standard InChI is InChI=1S/C10H5F2NO3S/c11-6-1-4(8-3-13-10(17)16-8)5(9(14)15)2-7(6)12/h1-3H,(H,13,17)(H,14,15). The molecule has 0 aliphatic rings. The minimum atomic E-state index is -1.39. The minimum absolute atomic E-state index is 0.000993. The van der Waals surface area contributed by atoms with E-state index in [9.17, 15) is 13.6 Å². The number of aromatic carboxylic acids is 1. The molecule has 1 aromatic heterocycles. The Kier molecular flexibility index (Phi) is 2.84. The summed E-state index contributed by atoms with van der Waals surface area (Å²) < 4.78 is 31.0. The number of nitrogens with zero attached hydrogens (tertiary/aromatic N) is 1. The Hall–Kier alpha value is -1.89. The van der Waals surface area contributed by atoms with Crippen LogP contribution in [0.5, 0.6) is 0 Å². The Balaban J connectivity index is 2.67. The number of hydrogen-bond donors (Lipinski definition) is 2. The first-order chi connectivity index (χ1) is 7.99. The summed E-state index contributed by atoms with van der Waals surface area (Å²) in [7, 11) is 0. The molecule has 0 aliphatic carbocycles. The first-order valence-electron chi connectivity index (χ1n) is 4.36. The third-order valence-electron chi connectivity index (χ3n) is 2.05. The van der Waals surface area contributed by atoms with Crippen molar-refractivity contribution in [2.24, 2.45) is 0 Å². The number of halogens is 2. The number of carboxylic acids is 1. The number of oxazole rings is 1. The van der Waals surface area contributed by atoms with Gasteiger partial charge in [0.2, 0.25) is 0 Å². The fourth-order valence-electron chi connectivity index (χ4n) is 1.32. The van der Waals surface area contributed by atoms with E-state index in [2.05, 4.69) is 17.6 Å². The SMILES string of the molecule is O=C(O)c1cc(F)c(F)cc1-c1cnc(S)o1. The van der Waals surface area contributed by atoms with Crippen LogP contribution >= 0.6 is 12.6 Å². The second kappa shape index (κ2) is 4.17. The van der Waals surface area contributed by atoms with E-state index in [1.165, 1.54) is 6.20 Å². The van der Waals surface area contributed by atoms with Gasteiger partial charge in [0.05, 0.1) is 11.8 Å². The molecule has 1 N–H and O–H groups in total. The van der Waals surface area contributed by atoms with Crippen LogP contribution in [-0.2, 0) is 0 Å². The second-order valence-electron chi connectivity index (χ2n) is 3.12. The van der Waals surface area contributed by atoms with E-state index in [1.54, 1.807) is 0 Å². The quantitative estimate of drug-likeness (QED) is 0.812. The van der Waals surface area contributed by atoms with Gasteiger partial charge in [-0.1, -0.05) is 12.6 Å². The van der Waals surface area contributed by atoms with Gasteiger partial charge in [0.25, 0.3) is 5.22 Å². The predicted octanol–water partition coefficient (Wildman–Crippen LogP) is 2.61. The molecule has 7 heteroatoms. The maximum Gasteiger partial charge on any atom is 0.336 e. The zero-order valence-electron chi connectivity index (χ0n) is 8.15. The van der Waals surface area contributed by atoms with E-state index in [-0.39, 0.29) is 16.5 Å². The number of benzene rings is 1. The molecule has 0 unspecified atom stereocenters. The molecule has 0 saturated heterocycles. The molecule has 2 rings (SSSR count). The van der Waals surface area contributed by atoms with Gasteiger partial charge >= 0.3 is 5.97 Å². The normalized spacial score (nSPS) is 10.5. The van der Waals surface area contributed by atoms with Crippen LogP contribution in [0.3, 0.4) is 0 Å². The summed E-state index contributed by atoms with van der Waals surface area (Å²) in [5.41, 5.74) is -0.502. The molecule has 1 aromatic carbocycles. The maximum atomic E-state index is 13.1. The van der Waals surface area contributed by atoms with Crippen LogP contribution in [0.1, 0.15) is 10.4 Å². The summed E-state index contributed by atoms with van der Waals surface area (Å²) in [6.07, 6.45) is 1.18. The number of carboxylic acid groups (broad SMARTS) is 1. The van der Waals surface area contributed by atoms with Gasteiger partial charge < -0.3 is 9.52 Å². The third kappa shape index (κ3) is 2.14. The lowest BCUT2D eigenvalue weighted by Gasteiger charge is -2.03. The van der Waals surface area contributed by atoms with Gasteiger partial charge in [-0.05, 0) is 12.1 Å². The molecule has 0 saturated carbocycles. The van der Waals surface area contributed by atoms with Crippen LogP contribution in [0, 0.1) is 11.6 Å². The first-order valence-corrected chi connectivity index (χ1v) is 4.81. The lowest BCUT2D eigenvalue weighted by molar-refractivity contribution is 0.0697. The van der Waals surface area contributed by atoms with Crippen LogP contribution in [-0.4, -0.2) is 16.1 Å². The molecule has 0 atom stereocenters. The zero-order chi connectivity index (χ0) is 12.6. The van der Waals surface area contributed by atoms with Gasteiger partial charge in [-0.3, -0.25) is 0 Å². The highest BCUT2D eigenvalue weighted by atomic mass is 32.1. The Labute approximate surface area is 99.3 Å². The van der Waals surface area contributed by atoms with Gasteiger partial charge in [0.1, 0.15) is 0 Å². The second-order valence-corrected chi connectivity index (χ2v) is 3.51. The summed E-state index contributed by atoms with van der Waals surface area (Å²) in [5, 5.41) is 8.88. The van der Waals surface area contributed by atoms with Gasteiger partial charge in [-0.2, -0.15) is 0 Å². The van der Waals surface area contributed by atoms with Gasteiger partial charge in [-0.25, -0.2) is 18.6 Å². The highest BCUT2D eigenvalue weighted by molar-refractivity contribution is 7.80. The van der Waals surface area contributed by atoms with Crippen LogP contribution in [0.2, 0.25) is 0 Å². The van der Waals surface area contributed by atoms with Gasteiger partial charge in [0, 0.05) is 5.56 Å². The van der Waals surface area contributed by atoms with Crippen molar-refractivity contribution >= 4 is 18.6 Å². The van der Waals surface area contributed by atoms with E-state index in [0.29, 0.717) is 6.07 Å². The average Bonchev–Trinajstić information content (AvgIpc) is 2.68. The molecular weight excluding hydrogens is 252 g/mol. The highest BCUT2D eigenvalue weighted by Crippen LogP contribution is 2.27. The smallest absolute Gasteiger partial charge is 0.336 e. The van der Waals surface area contributed by atoms with E-state index < -0.39 is 23.2 Å². The topological polar surface area (TPSA) is 63.3 Å². The van der Waals surface area contributed by atoms with Crippen LogP contribution in [0.15, 0.2) is 28.0 Å². The number of carbonyl (C=O) groups is 1. The fraction of sp³-hybridized carbons (Fsp3) is 0. The van der Waals surface area contributed by atoms with Gasteiger partial charge in [0.15, 0.2) is 17.4 Å². The third-order valence-corrected chi connectivity index (χ3v) is 2.26. The summed E-state index contributed by atoms with van der Waals surface area (Å²) in [4.78, 5) is 14.5. The van der Waals surface area contributed by atoms with Crippen molar-refractivity contribution in [1.82, 2.24) is 4.98 Å². The lowest BCUT2D eigenvalue weighted by Crippen LogP contribution is -2.02. The number of aromatic nitrogens is 1. The van der Waals surface area contributed by atoms with Crippen molar-refractivity contribution < 1.29 is 23.1 Å². The Morgan fingerprint density at radius 2 is 2.00 bits per heavy atom. The van der Waals surface area contributed by atoms with Crippen molar-refractivity contribution in [3.05, 3.63) is 35.5 Å². The molecule has 0 amide bonds. The summed E-state index contributed by atoms with van der Waals surface area (Å²) in [6.45, 7) is 0. The van der Waals surface area contributed by atoms with Crippen molar-refractivity contribution in [2.75, 3.05) is 0 Å². The highest BCUT2D eigenvalue weighted by Gasteiger charge is 2.19. The molecule has 88 valence electrons. The van der Waals surface area contributed by atoms with E-state index in [1.807, 2.05) is 0 Å². The monoisotopic (exact) mass is 257 g/mol. The fourth-order valence-corrected chi connectivity index (χ4v) is 1.47. The Morgan fingerprint density at radius 1 is 1.35 bits per heavy atom. The minimum Gasteiger partial charge on any atom is -0.478 e. The molecule has 0 fully saturated rings. The van der Waals surface area contributed by atoms with Crippen molar-refractivity contribution in [1.29, 1.82) is 0 Å². The number of rotatable bonds is 2. The van der Waals surface area contributed by atoms with Crippen LogP contribution in [0.4, 0.5) is 8.78 Å². The van der Waals surface area contributed by atoms with E-state index in [4.69, 9.17) is 9.52 Å². The van der Waals surface area contributed by atoms with Crippen molar-refractivity contribution in [2.45, 2.75) is 5.22 Å². The molecule has 4 nitrogen and oxygen atoms in total. The molecule has 0 radical (unpaired) electrons. The molecular formula is C10H5F2NO3S. The van der Waals surface area contributed by atoms with Crippen molar-refractivity contribution in [3.63, 3.8) is 0 Å². The average molecular weight is 257 g/mol. The van der Waals surface area contributed by atoms with Gasteiger partial charge in [-0.15, -0.1) is 0 Å². The number of hydrogen-bond acceptors (Lipinski definition) is 4. The summed E-state index contributed by atoms with van der Waals surface area (Å²) in [5.74, 6) is -3.79. The molecule has 0 aliphatic heterocycles. The summed E-state index contributed by atoms with van der Waals surface area (Å²) in [6, 6.07) is 1.33. The zero-order valence-corrected chi connectivity index (χ0v) is 9.04. The molecule has 17 heavy (non-hydrogen) atoms. The maximum absolute atomic E-state index is 13.1. The Morgan fingerprint density at radius 3 is 2.53 bits per heavy atom. The predicted molar refractivity (Wildman–Crippen MR) is 56.1 cm³/mol. The van der Waals surface area contributed by atoms with Crippen molar-refractivity contribution in [3.8, 4) is 11.3 Å². The summed E-state index contributed by atoms with van der Waals surface area (Å²) >= 11 is 3.79. The van der Waals surface area contributed by atoms with E-state index >= 15 is 0 Å². The molecule has 1 heterocycles. The first kappa shape index (κ1) is 11.6. The molecule has 0 bridgehead atoms. The molecule has 2 aromatic rings. The Bertz CT molecular complexity index is 597. The lowest BCUT2D eigenvalue weighted by atomic mass is 10.1. The van der Waals surface area contributed by atoms with Crippen LogP contribution in [0.25, 0.3) is 11.3 Å². The number of thiol groups is 1. The molecule has 0 spiro atoms. The largest absolute Gasteiger partial charge is 0.478 e. The van der Waals surface area contributed by atoms with E-state index in [0.717, 1.165) is 6.07 Å².